The lowest BCUT2D eigenvalue weighted by Crippen LogP contribution is -2.11. The predicted molar refractivity (Wildman–Crippen MR) is 81.7 cm³/mol. The fraction of sp³-hybridized carbons (Fsp3) is 0.588. The fourth-order valence-corrected chi connectivity index (χ4v) is 2.52. The molecular weight excluding hydrogens is 234 g/mol. The van der Waals surface area contributed by atoms with Gasteiger partial charge in [0.25, 0.3) is 0 Å². The van der Waals surface area contributed by atoms with Crippen molar-refractivity contribution < 1.29 is 4.79 Å². The van der Waals surface area contributed by atoms with E-state index in [1.807, 2.05) is 13.0 Å². The van der Waals surface area contributed by atoms with Crippen LogP contribution >= 0.6 is 0 Å². The standard InChI is InChI=1S/C17H27NO/c1-5-15(8-9-18)6-7-17(19)16-11-13(3)12(2)10-14(16)4/h10-11,15H,5-9,18H2,1-4H3. The summed E-state index contributed by atoms with van der Waals surface area (Å²) in [5.74, 6) is 0.858. The van der Waals surface area contributed by atoms with Crippen LogP contribution in [0.4, 0.5) is 0 Å². The molecule has 1 rings (SSSR count). The Morgan fingerprint density at radius 2 is 1.74 bits per heavy atom. The molecule has 0 fully saturated rings. The molecule has 2 nitrogen and oxygen atoms in total. The van der Waals surface area contributed by atoms with Crippen molar-refractivity contribution in [3.63, 3.8) is 0 Å². The predicted octanol–water partition coefficient (Wildman–Crippen LogP) is 3.95. The molecule has 106 valence electrons. The normalized spacial score (nSPS) is 12.5. The maximum absolute atomic E-state index is 12.3. The van der Waals surface area contributed by atoms with E-state index in [2.05, 4.69) is 26.8 Å². The summed E-state index contributed by atoms with van der Waals surface area (Å²) in [5, 5.41) is 0. The highest BCUT2D eigenvalue weighted by Gasteiger charge is 2.13. The van der Waals surface area contributed by atoms with Crippen LogP contribution in [-0.4, -0.2) is 12.3 Å². The zero-order valence-electron chi connectivity index (χ0n) is 12.8. The van der Waals surface area contributed by atoms with E-state index in [-0.39, 0.29) is 5.78 Å². The molecule has 1 atom stereocenters. The van der Waals surface area contributed by atoms with Crippen molar-refractivity contribution in [3.8, 4) is 0 Å². The van der Waals surface area contributed by atoms with E-state index in [4.69, 9.17) is 5.73 Å². The van der Waals surface area contributed by atoms with Gasteiger partial charge in [0.2, 0.25) is 0 Å². The monoisotopic (exact) mass is 261 g/mol. The van der Waals surface area contributed by atoms with Gasteiger partial charge in [-0.3, -0.25) is 4.79 Å². The molecule has 2 heteroatoms. The van der Waals surface area contributed by atoms with Gasteiger partial charge in [0.1, 0.15) is 0 Å². The van der Waals surface area contributed by atoms with Crippen LogP contribution in [0.3, 0.4) is 0 Å². The van der Waals surface area contributed by atoms with Crippen molar-refractivity contribution in [2.45, 2.75) is 53.4 Å². The Balaban J connectivity index is 2.70. The topological polar surface area (TPSA) is 43.1 Å². The van der Waals surface area contributed by atoms with E-state index in [1.165, 1.54) is 11.1 Å². The minimum atomic E-state index is 0.274. The largest absolute Gasteiger partial charge is 0.330 e. The number of Topliss-reactive ketones (excluding diaryl/α,β-unsaturated/α-hetero) is 1. The molecule has 2 N–H and O–H groups in total. The van der Waals surface area contributed by atoms with Crippen LogP contribution in [0.1, 0.15) is 59.7 Å². The molecule has 0 spiro atoms. The molecule has 1 aromatic carbocycles. The number of aryl methyl sites for hydroxylation is 3. The van der Waals surface area contributed by atoms with Crippen LogP contribution in [0.5, 0.6) is 0 Å². The van der Waals surface area contributed by atoms with E-state index in [1.54, 1.807) is 0 Å². The molecule has 0 bridgehead atoms. The second-order valence-corrected chi connectivity index (χ2v) is 5.56. The molecule has 1 unspecified atom stereocenters. The average molecular weight is 261 g/mol. The maximum Gasteiger partial charge on any atom is 0.163 e. The maximum atomic E-state index is 12.3. The van der Waals surface area contributed by atoms with Crippen molar-refractivity contribution in [1.82, 2.24) is 0 Å². The number of hydrogen-bond donors (Lipinski definition) is 1. The Morgan fingerprint density at radius 3 is 2.32 bits per heavy atom. The smallest absolute Gasteiger partial charge is 0.163 e. The average Bonchev–Trinajstić information content (AvgIpc) is 2.38. The summed E-state index contributed by atoms with van der Waals surface area (Å²) in [6.07, 6.45) is 3.73. The number of hydrogen-bond acceptors (Lipinski definition) is 2. The third kappa shape index (κ3) is 4.46. The number of carbonyl (C=O) groups excluding carboxylic acids is 1. The minimum absolute atomic E-state index is 0.274. The summed E-state index contributed by atoms with van der Waals surface area (Å²) in [7, 11) is 0. The summed E-state index contributed by atoms with van der Waals surface area (Å²) in [4.78, 5) is 12.3. The Kier molecular flexibility index (Phi) is 6.23. The first-order valence-corrected chi connectivity index (χ1v) is 7.30. The zero-order valence-corrected chi connectivity index (χ0v) is 12.8. The van der Waals surface area contributed by atoms with Crippen LogP contribution in [0.15, 0.2) is 12.1 Å². The molecule has 0 amide bonds. The fourth-order valence-electron chi connectivity index (χ4n) is 2.52. The molecule has 0 saturated carbocycles. The Labute approximate surface area is 117 Å². The second-order valence-electron chi connectivity index (χ2n) is 5.56. The minimum Gasteiger partial charge on any atom is -0.330 e. The molecular formula is C17H27NO. The van der Waals surface area contributed by atoms with E-state index in [9.17, 15) is 4.79 Å². The molecule has 0 heterocycles. The molecule has 0 aliphatic heterocycles. The SMILES string of the molecule is CCC(CCN)CCC(=O)c1cc(C)c(C)cc1C. The second kappa shape index (κ2) is 7.44. The van der Waals surface area contributed by atoms with Gasteiger partial charge in [0.05, 0.1) is 0 Å². The van der Waals surface area contributed by atoms with Gasteiger partial charge in [-0.15, -0.1) is 0 Å². The van der Waals surface area contributed by atoms with Gasteiger partial charge in [-0.25, -0.2) is 0 Å². The van der Waals surface area contributed by atoms with Crippen molar-refractivity contribution in [1.29, 1.82) is 0 Å². The van der Waals surface area contributed by atoms with Crippen LogP contribution in [0, 0.1) is 26.7 Å². The number of benzene rings is 1. The third-order valence-electron chi connectivity index (χ3n) is 4.07. The van der Waals surface area contributed by atoms with E-state index in [0.717, 1.165) is 36.9 Å². The number of nitrogens with two attached hydrogens (primary N) is 1. The molecule has 0 aromatic heterocycles. The van der Waals surface area contributed by atoms with Gasteiger partial charge in [-0.1, -0.05) is 19.4 Å². The van der Waals surface area contributed by atoms with Crippen LogP contribution in [-0.2, 0) is 0 Å². The highest BCUT2D eigenvalue weighted by molar-refractivity contribution is 5.97. The van der Waals surface area contributed by atoms with Gasteiger partial charge in [0, 0.05) is 12.0 Å². The summed E-state index contributed by atoms with van der Waals surface area (Å²) in [6.45, 7) is 9.07. The first kappa shape index (κ1) is 15.9. The highest BCUT2D eigenvalue weighted by atomic mass is 16.1. The van der Waals surface area contributed by atoms with E-state index in [0.29, 0.717) is 12.3 Å². The lowest BCUT2D eigenvalue weighted by atomic mass is 9.91. The molecule has 0 saturated heterocycles. The van der Waals surface area contributed by atoms with Gasteiger partial charge in [-0.2, -0.15) is 0 Å². The first-order chi connectivity index (χ1) is 8.99. The van der Waals surface area contributed by atoms with Crippen LogP contribution < -0.4 is 5.73 Å². The molecule has 0 aliphatic rings. The highest BCUT2D eigenvalue weighted by Crippen LogP contribution is 2.20. The Hall–Kier alpha value is -1.15. The van der Waals surface area contributed by atoms with Gasteiger partial charge in [0.15, 0.2) is 5.78 Å². The number of ketones is 1. The molecule has 19 heavy (non-hydrogen) atoms. The van der Waals surface area contributed by atoms with Crippen molar-refractivity contribution in [2.75, 3.05) is 6.54 Å². The van der Waals surface area contributed by atoms with Gasteiger partial charge in [-0.05, 0) is 68.8 Å². The first-order valence-electron chi connectivity index (χ1n) is 7.30. The van der Waals surface area contributed by atoms with Gasteiger partial charge < -0.3 is 5.73 Å². The summed E-state index contributed by atoms with van der Waals surface area (Å²) in [6, 6.07) is 4.15. The molecule has 0 aliphatic carbocycles. The Morgan fingerprint density at radius 1 is 1.11 bits per heavy atom. The van der Waals surface area contributed by atoms with Crippen LogP contribution in [0.25, 0.3) is 0 Å². The van der Waals surface area contributed by atoms with Crippen molar-refractivity contribution in [3.05, 3.63) is 34.4 Å². The van der Waals surface area contributed by atoms with Gasteiger partial charge >= 0.3 is 0 Å². The summed E-state index contributed by atoms with van der Waals surface area (Å²) >= 11 is 0. The quantitative estimate of drug-likeness (QED) is 0.755. The zero-order chi connectivity index (χ0) is 14.4. The summed E-state index contributed by atoms with van der Waals surface area (Å²) in [5.41, 5.74) is 10.0. The molecule has 1 aromatic rings. The molecule has 0 radical (unpaired) electrons. The van der Waals surface area contributed by atoms with E-state index >= 15 is 0 Å². The lowest BCUT2D eigenvalue weighted by Gasteiger charge is -2.14. The van der Waals surface area contributed by atoms with E-state index < -0.39 is 0 Å². The lowest BCUT2D eigenvalue weighted by molar-refractivity contribution is 0.0972. The third-order valence-corrected chi connectivity index (χ3v) is 4.07. The number of rotatable bonds is 7. The van der Waals surface area contributed by atoms with Crippen molar-refractivity contribution in [2.24, 2.45) is 11.7 Å². The summed E-state index contributed by atoms with van der Waals surface area (Å²) < 4.78 is 0. The Bertz CT molecular complexity index is 437. The van der Waals surface area contributed by atoms with Crippen LogP contribution in [0.2, 0.25) is 0 Å². The van der Waals surface area contributed by atoms with Crippen molar-refractivity contribution >= 4 is 5.78 Å². The number of carbonyl (C=O) groups is 1.